The second-order valence-corrected chi connectivity index (χ2v) is 20.2. The topological polar surface area (TPSA) is 145 Å². The fourth-order valence-electron chi connectivity index (χ4n) is 9.53. The lowest BCUT2D eigenvalue weighted by Crippen LogP contribution is -2.43. The first-order valence-corrected chi connectivity index (χ1v) is 25.1. The second-order valence-electron chi connectivity index (χ2n) is 18.3. The van der Waals surface area contributed by atoms with Gasteiger partial charge in [-0.15, -0.1) is 0 Å². The zero-order valence-electron chi connectivity index (χ0n) is 36.5. The van der Waals surface area contributed by atoms with Crippen molar-refractivity contribution in [2.75, 3.05) is 31.9 Å². The minimum Gasteiger partial charge on any atom is -0.352 e. The van der Waals surface area contributed by atoms with Crippen LogP contribution in [0.25, 0.3) is 0 Å². The Bertz CT molecular complexity index is 1990. The van der Waals surface area contributed by atoms with Gasteiger partial charge in [0.2, 0.25) is 21.8 Å². The number of carbonyl (C=O) groups excluding carboxylic acids is 4. The first-order valence-electron chi connectivity index (χ1n) is 23.5. The van der Waals surface area contributed by atoms with Crippen LogP contribution in [-0.4, -0.2) is 91.9 Å². The van der Waals surface area contributed by atoms with Crippen LogP contribution >= 0.6 is 0 Å². The van der Waals surface area contributed by atoms with E-state index in [9.17, 15) is 27.6 Å². The normalized spacial score (nSPS) is 24.2. The molecule has 4 fully saturated rings. The van der Waals surface area contributed by atoms with E-state index in [0.29, 0.717) is 30.5 Å². The number of carbonyl (C=O) groups is 4. The third kappa shape index (κ3) is 12.6. The Kier molecular flexibility index (Phi) is 15.9. The van der Waals surface area contributed by atoms with E-state index < -0.39 is 21.9 Å². The quantitative estimate of drug-likeness (QED) is 0.0840. The fourth-order valence-corrected chi connectivity index (χ4v) is 10.9. The molecule has 1 unspecified atom stereocenters. The van der Waals surface area contributed by atoms with E-state index in [4.69, 9.17) is 0 Å². The molecular formula is C50H67N5O6S. The van der Waals surface area contributed by atoms with Gasteiger partial charge in [-0.3, -0.25) is 19.2 Å². The first-order chi connectivity index (χ1) is 30.1. The molecule has 0 spiro atoms. The Morgan fingerprint density at radius 3 is 1.47 bits per heavy atom. The molecule has 3 N–H and O–H groups in total. The largest absolute Gasteiger partial charge is 0.352 e. The maximum atomic E-state index is 13.9. The van der Waals surface area contributed by atoms with Gasteiger partial charge in [-0.2, -0.15) is 0 Å². The third-order valence-electron chi connectivity index (χ3n) is 13.4. The number of nitrogens with one attached hydrogen (secondary N) is 3. The molecule has 7 rings (SSSR count). The Morgan fingerprint density at radius 2 is 1.00 bits per heavy atom. The number of rotatable bonds is 23. The van der Waals surface area contributed by atoms with Gasteiger partial charge >= 0.3 is 0 Å². The van der Waals surface area contributed by atoms with Gasteiger partial charge < -0.3 is 20.4 Å². The molecule has 11 nitrogen and oxygen atoms in total. The van der Waals surface area contributed by atoms with E-state index in [1.807, 2.05) is 36.4 Å². The average molecular weight is 866 g/mol. The molecular weight excluding hydrogens is 799 g/mol. The van der Waals surface area contributed by atoms with Gasteiger partial charge in [-0.05, 0) is 61.1 Å². The molecule has 4 amide bonds. The summed E-state index contributed by atoms with van der Waals surface area (Å²) in [7, 11) is -3.45. The molecule has 2 aliphatic carbocycles. The zero-order valence-corrected chi connectivity index (χ0v) is 37.3. The average Bonchev–Trinajstić information content (AvgIpc) is 4.12. The number of nitrogens with zero attached hydrogens (tertiary/aromatic N) is 2. The minimum absolute atomic E-state index is 0.00975. The summed E-state index contributed by atoms with van der Waals surface area (Å²) < 4.78 is 28.6. The predicted molar refractivity (Wildman–Crippen MR) is 243 cm³/mol. The highest BCUT2D eigenvalue weighted by Gasteiger charge is 2.49. The predicted octanol–water partition coefficient (Wildman–Crippen LogP) is 7.55. The SMILES string of the molecule is CCCCCCCCCCCCCCS(=O)(=O)N[C@@H]1CCN(C(=O)c2ccc(C(=O)N3C[C@@H](C(=O)NC4C[C@@H]4c4ccccc4)[C@H](C(=O)N[C@H]4C[C@@H]4c4ccccc4)C3)cc2)C1. The van der Waals surface area contributed by atoms with Crippen LogP contribution in [0.2, 0.25) is 0 Å². The Balaban J connectivity index is 0.873. The molecule has 3 aromatic carbocycles. The van der Waals surface area contributed by atoms with Gasteiger partial charge in [0.15, 0.2) is 0 Å². The maximum Gasteiger partial charge on any atom is 0.253 e. The summed E-state index contributed by atoms with van der Waals surface area (Å²) in [6.07, 6.45) is 16.4. The lowest BCUT2D eigenvalue weighted by molar-refractivity contribution is -0.133. The zero-order chi connectivity index (χ0) is 43.5. The van der Waals surface area contributed by atoms with Crippen LogP contribution in [-0.2, 0) is 19.6 Å². The molecule has 0 radical (unpaired) electrons. The molecule has 7 atom stereocenters. The highest BCUT2D eigenvalue weighted by molar-refractivity contribution is 7.89. The van der Waals surface area contributed by atoms with Crippen LogP contribution in [0.5, 0.6) is 0 Å². The summed E-state index contributed by atoms with van der Waals surface area (Å²) in [6, 6.07) is 26.3. The summed E-state index contributed by atoms with van der Waals surface area (Å²) >= 11 is 0. The van der Waals surface area contributed by atoms with E-state index >= 15 is 0 Å². The maximum absolute atomic E-state index is 13.9. The van der Waals surface area contributed by atoms with E-state index in [-0.39, 0.29) is 79.0 Å². The Hall–Kier alpha value is -4.55. The molecule has 12 heteroatoms. The number of unbranched alkanes of at least 4 members (excludes halogenated alkanes) is 11. The van der Waals surface area contributed by atoms with Gasteiger partial charge in [0, 0.05) is 67.3 Å². The summed E-state index contributed by atoms with van der Waals surface area (Å²) in [5.74, 6) is -1.78. The highest BCUT2D eigenvalue weighted by Crippen LogP contribution is 2.42. The van der Waals surface area contributed by atoms with Crippen molar-refractivity contribution in [1.82, 2.24) is 25.2 Å². The van der Waals surface area contributed by atoms with Gasteiger partial charge in [-0.25, -0.2) is 13.1 Å². The number of likely N-dealkylation sites (tertiary alicyclic amines) is 2. The molecule has 2 aliphatic heterocycles. The van der Waals surface area contributed by atoms with E-state index in [1.165, 1.54) is 62.5 Å². The van der Waals surface area contributed by atoms with Crippen molar-refractivity contribution >= 4 is 33.7 Å². The second kappa shape index (κ2) is 21.7. The first kappa shape index (κ1) is 45.5. The number of hydrogen-bond acceptors (Lipinski definition) is 6. The van der Waals surface area contributed by atoms with Crippen LogP contribution in [0.1, 0.15) is 147 Å². The molecule has 2 saturated heterocycles. The lowest BCUT2D eigenvalue weighted by Gasteiger charge is -2.19. The van der Waals surface area contributed by atoms with Crippen molar-refractivity contribution in [3.8, 4) is 0 Å². The summed E-state index contributed by atoms with van der Waals surface area (Å²) in [4.78, 5) is 58.4. The van der Waals surface area contributed by atoms with Gasteiger partial charge in [-0.1, -0.05) is 138 Å². The summed E-state index contributed by atoms with van der Waals surface area (Å²) in [5.41, 5.74) is 3.12. The van der Waals surface area contributed by atoms with E-state index in [2.05, 4.69) is 46.5 Å². The van der Waals surface area contributed by atoms with Crippen LogP contribution in [0.4, 0.5) is 0 Å². The molecule has 2 saturated carbocycles. The molecule has 0 aromatic heterocycles. The monoisotopic (exact) mass is 865 g/mol. The van der Waals surface area contributed by atoms with Crippen molar-refractivity contribution in [3.05, 3.63) is 107 Å². The molecule has 3 aromatic rings. The van der Waals surface area contributed by atoms with Crippen LogP contribution in [0.3, 0.4) is 0 Å². The third-order valence-corrected chi connectivity index (χ3v) is 15.0. The number of hydrogen-bond donors (Lipinski definition) is 3. The van der Waals surface area contributed by atoms with Crippen LogP contribution < -0.4 is 15.4 Å². The Labute approximate surface area is 369 Å². The molecule has 0 bridgehead atoms. The van der Waals surface area contributed by atoms with Gasteiger partial charge in [0.25, 0.3) is 11.8 Å². The standard InChI is InChI=1S/C50H67N5O6S/c1-2-3-4-5-6-7-8-9-10-11-12-19-30-62(60,61)53-40-28-29-54(33-40)49(58)38-24-26-39(27-25-38)50(59)55-34-43(47(56)51-45-31-41(45)36-20-15-13-16-21-36)44(35-55)48(57)52-46-32-42(46)37-22-17-14-18-23-37/h13-18,20-27,40-46,53H,2-12,19,28-35H2,1H3,(H,51,56)(H,52,57)/t40-,41-,42-,43-,44-,45+,46?/m1/s1. The molecule has 334 valence electrons. The number of benzene rings is 3. The number of sulfonamides is 1. The van der Waals surface area contributed by atoms with Crippen molar-refractivity contribution in [1.29, 1.82) is 0 Å². The highest BCUT2D eigenvalue weighted by atomic mass is 32.2. The molecule has 4 aliphatic rings. The van der Waals surface area contributed by atoms with Crippen molar-refractivity contribution in [2.24, 2.45) is 11.8 Å². The lowest BCUT2D eigenvalue weighted by atomic mass is 9.94. The van der Waals surface area contributed by atoms with Gasteiger partial charge in [0.1, 0.15) is 0 Å². The van der Waals surface area contributed by atoms with Crippen molar-refractivity contribution < 1.29 is 27.6 Å². The minimum atomic E-state index is -3.45. The summed E-state index contributed by atoms with van der Waals surface area (Å²) in [5, 5.41) is 6.37. The molecule has 62 heavy (non-hydrogen) atoms. The van der Waals surface area contributed by atoms with Crippen molar-refractivity contribution in [3.63, 3.8) is 0 Å². The van der Waals surface area contributed by atoms with Crippen LogP contribution in [0.15, 0.2) is 84.9 Å². The van der Waals surface area contributed by atoms with Crippen molar-refractivity contribution in [2.45, 2.75) is 133 Å². The smallest absolute Gasteiger partial charge is 0.253 e. The Morgan fingerprint density at radius 1 is 0.565 bits per heavy atom. The van der Waals surface area contributed by atoms with E-state index in [0.717, 1.165) is 32.1 Å². The van der Waals surface area contributed by atoms with E-state index in [1.54, 1.807) is 34.1 Å². The van der Waals surface area contributed by atoms with Gasteiger partial charge in [0.05, 0.1) is 17.6 Å². The van der Waals surface area contributed by atoms with Crippen LogP contribution in [0, 0.1) is 11.8 Å². The number of amides is 4. The fraction of sp³-hybridized carbons (Fsp3) is 0.560. The molecule has 2 heterocycles. The summed E-state index contributed by atoms with van der Waals surface area (Å²) in [6.45, 7) is 3.19.